The van der Waals surface area contributed by atoms with Gasteiger partial charge in [0, 0.05) is 31.6 Å². The Morgan fingerprint density at radius 3 is 2.81 bits per heavy atom. The molecule has 0 fully saturated rings. The molecule has 6 nitrogen and oxygen atoms in total. The average Bonchev–Trinajstić information content (AvgIpc) is 3.27. The number of halogens is 1. The van der Waals surface area contributed by atoms with Crippen molar-refractivity contribution in [3.8, 4) is 5.69 Å². The van der Waals surface area contributed by atoms with E-state index in [-0.39, 0.29) is 11.7 Å². The van der Waals surface area contributed by atoms with Crippen LogP contribution in [0.3, 0.4) is 0 Å². The molecule has 0 radical (unpaired) electrons. The molecule has 0 atom stereocenters. The molecule has 1 amide bonds. The lowest BCUT2D eigenvalue weighted by molar-refractivity contribution is 0.0950. The van der Waals surface area contributed by atoms with Crippen molar-refractivity contribution in [2.75, 3.05) is 6.54 Å². The minimum Gasteiger partial charge on any atom is -0.350 e. The summed E-state index contributed by atoms with van der Waals surface area (Å²) in [6.45, 7) is 0.434. The van der Waals surface area contributed by atoms with Crippen molar-refractivity contribution in [3.05, 3.63) is 78.0 Å². The lowest BCUT2D eigenvalue weighted by atomic mass is 10.2. The van der Waals surface area contributed by atoms with Gasteiger partial charge >= 0.3 is 0 Å². The van der Waals surface area contributed by atoms with Crippen molar-refractivity contribution in [2.24, 2.45) is 7.05 Å². The normalized spacial score (nSPS) is 11.0. The lowest BCUT2D eigenvalue weighted by Crippen LogP contribution is -2.26. The summed E-state index contributed by atoms with van der Waals surface area (Å²) in [6.07, 6.45) is 2.34. The van der Waals surface area contributed by atoms with Crippen LogP contribution >= 0.6 is 0 Å². The number of hydrogen-bond donors (Lipinski definition) is 1. The first-order valence-corrected chi connectivity index (χ1v) is 8.62. The van der Waals surface area contributed by atoms with Crippen LogP contribution in [-0.4, -0.2) is 32.0 Å². The van der Waals surface area contributed by atoms with Crippen LogP contribution in [0.2, 0.25) is 0 Å². The Labute approximate surface area is 155 Å². The lowest BCUT2D eigenvalue weighted by Gasteiger charge is -2.03. The van der Waals surface area contributed by atoms with Gasteiger partial charge in [-0.1, -0.05) is 24.3 Å². The minimum absolute atomic E-state index is 0.212. The van der Waals surface area contributed by atoms with E-state index in [4.69, 9.17) is 0 Å². The predicted octanol–water partition coefficient (Wildman–Crippen LogP) is 2.87. The zero-order chi connectivity index (χ0) is 18.8. The molecule has 7 heteroatoms. The summed E-state index contributed by atoms with van der Waals surface area (Å²) >= 11 is 0. The number of rotatable bonds is 5. The summed E-state index contributed by atoms with van der Waals surface area (Å²) in [5.41, 5.74) is 2.80. The molecule has 0 spiro atoms. The molecule has 0 aliphatic carbocycles. The first kappa shape index (κ1) is 17.0. The topological polar surface area (TPSA) is 64.7 Å². The van der Waals surface area contributed by atoms with E-state index in [1.165, 1.54) is 12.1 Å². The Bertz CT molecular complexity index is 1110. The van der Waals surface area contributed by atoms with Gasteiger partial charge in [-0.05, 0) is 30.3 Å². The number of amides is 1. The average molecular weight is 363 g/mol. The number of hydrogen-bond acceptors (Lipinski definition) is 3. The van der Waals surface area contributed by atoms with Crippen molar-refractivity contribution in [1.29, 1.82) is 0 Å². The second kappa shape index (κ2) is 7.03. The number of benzene rings is 2. The molecular formula is C20H18FN5O. The summed E-state index contributed by atoms with van der Waals surface area (Å²) in [4.78, 5) is 12.5. The SMILES string of the molecule is Cn1nc(C(=O)NCCc2ccn(-c3cccc(F)c3)n2)c2ccccc21. The Kier molecular flexibility index (Phi) is 4.42. The second-order valence-corrected chi connectivity index (χ2v) is 6.23. The molecular weight excluding hydrogens is 345 g/mol. The van der Waals surface area contributed by atoms with E-state index in [1.54, 1.807) is 27.7 Å². The van der Waals surface area contributed by atoms with Gasteiger partial charge in [0.15, 0.2) is 5.69 Å². The summed E-state index contributed by atoms with van der Waals surface area (Å²) in [7, 11) is 1.82. The van der Waals surface area contributed by atoms with Crippen molar-refractivity contribution < 1.29 is 9.18 Å². The largest absolute Gasteiger partial charge is 0.350 e. The zero-order valence-electron chi connectivity index (χ0n) is 14.8. The van der Waals surface area contributed by atoms with Crippen LogP contribution < -0.4 is 5.32 Å². The van der Waals surface area contributed by atoms with Gasteiger partial charge in [-0.25, -0.2) is 9.07 Å². The highest BCUT2D eigenvalue weighted by molar-refractivity contribution is 6.04. The number of carbonyl (C=O) groups is 1. The first-order valence-electron chi connectivity index (χ1n) is 8.62. The molecule has 2 heterocycles. The maximum atomic E-state index is 13.3. The smallest absolute Gasteiger partial charge is 0.272 e. The fraction of sp³-hybridized carbons (Fsp3) is 0.150. The quantitative estimate of drug-likeness (QED) is 0.593. The van der Waals surface area contributed by atoms with Gasteiger partial charge < -0.3 is 5.32 Å². The first-order chi connectivity index (χ1) is 13.1. The number of carbonyl (C=O) groups excluding carboxylic acids is 1. The summed E-state index contributed by atoms with van der Waals surface area (Å²) in [5.74, 6) is -0.518. The van der Waals surface area contributed by atoms with E-state index in [1.807, 2.05) is 37.4 Å². The van der Waals surface area contributed by atoms with Gasteiger partial charge in [-0.15, -0.1) is 0 Å². The summed E-state index contributed by atoms with van der Waals surface area (Å²) in [6, 6.07) is 15.7. The van der Waals surface area contributed by atoms with Crippen LogP contribution in [0, 0.1) is 5.82 Å². The number of fused-ring (bicyclic) bond motifs is 1. The van der Waals surface area contributed by atoms with Gasteiger partial charge in [0.2, 0.25) is 0 Å². The Morgan fingerprint density at radius 2 is 1.96 bits per heavy atom. The van der Waals surface area contributed by atoms with E-state index < -0.39 is 0 Å². The van der Waals surface area contributed by atoms with E-state index in [0.717, 1.165) is 16.6 Å². The van der Waals surface area contributed by atoms with Crippen molar-refractivity contribution >= 4 is 16.8 Å². The molecule has 0 saturated carbocycles. The maximum Gasteiger partial charge on any atom is 0.272 e. The number of aromatic nitrogens is 4. The van der Waals surface area contributed by atoms with Crippen LogP contribution in [0.1, 0.15) is 16.2 Å². The molecule has 2 aromatic carbocycles. The summed E-state index contributed by atoms with van der Waals surface area (Å²) < 4.78 is 16.6. The van der Waals surface area contributed by atoms with E-state index in [2.05, 4.69) is 15.5 Å². The molecule has 4 aromatic rings. The number of nitrogens with one attached hydrogen (secondary N) is 1. The Balaban J connectivity index is 1.40. The fourth-order valence-electron chi connectivity index (χ4n) is 3.03. The molecule has 27 heavy (non-hydrogen) atoms. The third-order valence-corrected chi connectivity index (χ3v) is 4.36. The van der Waals surface area contributed by atoms with Crippen molar-refractivity contribution in [3.63, 3.8) is 0 Å². The van der Waals surface area contributed by atoms with Crippen molar-refractivity contribution in [2.45, 2.75) is 6.42 Å². The predicted molar refractivity (Wildman–Crippen MR) is 100 cm³/mol. The molecule has 1 N–H and O–H groups in total. The third kappa shape index (κ3) is 3.44. The highest BCUT2D eigenvalue weighted by Gasteiger charge is 2.15. The molecule has 0 unspecified atom stereocenters. The fourth-order valence-corrected chi connectivity index (χ4v) is 3.03. The van der Waals surface area contributed by atoms with Crippen LogP contribution in [0.5, 0.6) is 0 Å². The Morgan fingerprint density at radius 1 is 1.11 bits per heavy atom. The molecule has 136 valence electrons. The minimum atomic E-state index is -0.306. The van der Waals surface area contributed by atoms with Crippen molar-refractivity contribution in [1.82, 2.24) is 24.9 Å². The van der Waals surface area contributed by atoms with Crippen LogP contribution in [-0.2, 0) is 13.5 Å². The van der Waals surface area contributed by atoms with Gasteiger partial charge in [-0.2, -0.15) is 10.2 Å². The highest BCUT2D eigenvalue weighted by Crippen LogP contribution is 2.17. The number of nitrogens with zero attached hydrogens (tertiary/aromatic N) is 4. The van der Waals surface area contributed by atoms with Crippen LogP contribution in [0.15, 0.2) is 60.8 Å². The highest BCUT2D eigenvalue weighted by atomic mass is 19.1. The van der Waals surface area contributed by atoms with E-state index >= 15 is 0 Å². The monoisotopic (exact) mass is 363 g/mol. The third-order valence-electron chi connectivity index (χ3n) is 4.36. The van der Waals surface area contributed by atoms with Gasteiger partial charge in [0.1, 0.15) is 5.82 Å². The molecule has 2 aromatic heterocycles. The van der Waals surface area contributed by atoms with Crippen LogP contribution in [0.4, 0.5) is 4.39 Å². The van der Waals surface area contributed by atoms with Gasteiger partial charge in [0.05, 0.1) is 16.9 Å². The van der Waals surface area contributed by atoms with E-state index in [9.17, 15) is 9.18 Å². The maximum absolute atomic E-state index is 13.3. The second-order valence-electron chi connectivity index (χ2n) is 6.23. The number of para-hydroxylation sites is 1. The molecule has 0 bridgehead atoms. The molecule has 0 saturated heterocycles. The zero-order valence-corrected chi connectivity index (χ0v) is 14.8. The number of aryl methyl sites for hydroxylation is 1. The summed E-state index contributed by atoms with van der Waals surface area (Å²) in [5, 5.41) is 12.5. The molecule has 0 aliphatic heterocycles. The standard InChI is InChI=1S/C20H18FN5O/c1-25-18-8-3-2-7-17(18)19(24-25)20(27)22-11-9-15-10-12-26(23-15)16-6-4-5-14(21)13-16/h2-8,10,12-13H,9,11H2,1H3,(H,22,27). The van der Waals surface area contributed by atoms with Gasteiger partial charge in [0.25, 0.3) is 5.91 Å². The molecule has 4 rings (SSSR count). The van der Waals surface area contributed by atoms with Crippen LogP contribution in [0.25, 0.3) is 16.6 Å². The Hall–Kier alpha value is -3.48. The molecule has 0 aliphatic rings. The van der Waals surface area contributed by atoms with Gasteiger partial charge in [-0.3, -0.25) is 9.48 Å². The van der Waals surface area contributed by atoms with E-state index in [0.29, 0.717) is 24.3 Å².